The molecule has 15 rings (SSSR count). The molecular formula is C98H114F2N8O12. The Hall–Kier alpha value is -11.7. The van der Waals surface area contributed by atoms with Crippen molar-refractivity contribution in [3.05, 3.63) is 271 Å². The van der Waals surface area contributed by atoms with Crippen molar-refractivity contribution < 1.29 is 66.1 Å². The maximum Gasteiger partial charge on any atom is 0.408 e. The molecule has 7 aromatic carbocycles. The summed E-state index contributed by atoms with van der Waals surface area (Å²) < 4.78 is 48.6. The van der Waals surface area contributed by atoms with Gasteiger partial charge in [-0.25, -0.2) is 28.0 Å². The third-order valence-electron chi connectivity index (χ3n) is 22.3. The zero-order chi connectivity index (χ0) is 86.1. The Morgan fingerprint density at radius 1 is 0.358 bits per heavy atom. The SMILES string of the molecule is CC(C)(C)OC(=O)NCC(=O)N1CCC2=C(Cc3ccccc32)C1Cc1ccccc1.CC(C)(C)OC(=O)NCC(=O)N1CCC2=C(Cc3ccccc32)C1c1ccc(F)cc1.CC(C)(C)OC(=O)NCC(=O)N1CCC2=C(Cc3ccccc32)C1c1cccc(F)c1.CC(C)C1C2=C(CCN1C(=O)CNC(=O)OC(C)(C)C)c1ccccc1C2. The van der Waals surface area contributed by atoms with Crippen molar-refractivity contribution in [3.8, 4) is 0 Å². The van der Waals surface area contributed by atoms with E-state index in [0.717, 1.165) is 74.5 Å². The molecule has 0 radical (unpaired) electrons. The van der Waals surface area contributed by atoms with Gasteiger partial charge in [-0.1, -0.05) is 166 Å². The molecule has 0 aromatic heterocycles. The van der Waals surface area contributed by atoms with Gasteiger partial charge in [0.2, 0.25) is 23.6 Å². The topological polar surface area (TPSA) is 235 Å². The molecule has 0 bridgehead atoms. The number of nitrogens with one attached hydrogen (secondary N) is 4. The molecule has 4 atom stereocenters. The number of nitrogens with zero attached hydrogens (tertiary/aromatic N) is 4. The summed E-state index contributed by atoms with van der Waals surface area (Å²) in [6.45, 7) is 27.7. The fourth-order valence-corrected chi connectivity index (χ4v) is 17.6. The fourth-order valence-electron chi connectivity index (χ4n) is 17.6. The van der Waals surface area contributed by atoms with Crippen LogP contribution in [0.4, 0.5) is 28.0 Å². The van der Waals surface area contributed by atoms with E-state index in [1.54, 1.807) is 111 Å². The summed E-state index contributed by atoms with van der Waals surface area (Å²) in [5, 5.41) is 10.4. The zero-order valence-electron chi connectivity index (χ0n) is 71.6. The minimum atomic E-state index is -0.641. The highest BCUT2D eigenvalue weighted by Crippen LogP contribution is 2.50. The number of hydrogen-bond donors (Lipinski definition) is 4. The van der Waals surface area contributed by atoms with Crippen LogP contribution in [0.15, 0.2) is 198 Å². The van der Waals surface area contributed by atoms with Crippen molar-refractivity contribution in [1.29, 1.82) is 0 Å². The number of carbonyl (C=O) groups excluding carboxylic acids is 8. The Labute approximate surface area is 704 Å². The number of halogens is 2. The number of rotatable bonds is 13. The lowest BCUT2D eigenvalue weighted by atomic mass is 9.86. The molecule has 7 aromatic rings. The molecule has 0 saturated heterocycles. The minimum Gasteiger partial charge on any atom is -0.444 e. The maximum absolute atomic E-state index is 14.1. The Balaban J connectivity index is 0.000000147. The van der Waals surface area contributed by atoms with Crippen molar-refractivity contribution in [2.75, 3.05) is 52.4 Å². The number of ether oxygens (including phenoxy) is 4. The molecule has 8 amide bonds. The van der Waals surface area contributed by atoms with Crippen LogP contribution < -0.4 is 21.3 Å². The van der Waals surface area contributed by atoms with Gasteiger partial charge in [0.05, 0.1) is 24.2 Å². The van der Waals surface area contributed by atoms with E-state index in [1.807, 2.05) is 58.3 Å². The van der Waals surface area contributed by atoms with Gasteiger partial charge >= 0.3 is 24.4 Å². The van der Waals surface area contributed by atoms with E-state index in [4.69, 9.17) is 18.9 Å². The van der Waals surface area contributed by atoms with E-state index in [1.165, 1.54) is 113 Å². The van der Waals surface area contributed by atoms with Gasteiger partial charge in [-0.3, -0.25) is 19.2 Å². The number of carbonyl (C=O) groups is 8. The molecule has 120 heavy (non-hydrogen) atoms. The summed E-state index contributed by atoms with van der Waals surface area (Å²) in [7, 11) is 0. The average Bonchev–Trinajstić information content (AvgIpc) is 1.61. The highest BCUT2D eigenvalue weighted by molar-refractivity contribution is 5.90. The van der Waals surface area contributed by atoms with Crippen LogP contribution in [0.3, 0.4) is 0 Å². The second-order valence-corrected chi connectivity index (χ2v) is 35.9. The van der Waals surface area contributed by atoms with Crippen molar-refractivity contribution in [3.63, 3.8) is 0 Å². The van der Waals surface area contributed by atoms with Gasteiger partial charge in [-0.05, 0) is 277 Å². The summed E-state index contributed by atoms with van der Waals surface area (Å²) in [5.41, 5.74) is 21.0. The summed E-state index contributed by atoms with van der Waals surface area (Å²) in [6.07, 6.45) is 4.88. The quantitative estimate of drug-likeness (QED) is 0.0789. The van der Waals surface area contributed by atoms with Gasteiger partial charge in [0.15, 0.2) is 0 Å². The van der Waals surface area contributed by atoms with Crippen molar-refractivity contribution in [2.24, 2.45) is 5.92 Å². The third-order valence-corrected chi connectivity index (χ3v) is 22.3. The fraction of sp³-hybridized carbons (Fsp3) is 0.408. The van der Waals surface area contributed by atoms with Crippen LogP contribution in [-0.2, 0) is 70.2 Å². The van der Waals surface area contributed by atoms with Crippen LogP contribution in [0, 0.1) is 17.6 Å². The highest BCUT2D eigenvalue weighted by Gasteiger charge is 2.43. The molecule has 22 heteroatoms. The normalized spacial score (nSPS) is 18.1. The first-order valence-corrected chi connectivity index (χ1v) is 41.8. The van der Waals surface area contributed by atoms with Crippen molar-refractivity contribution in [2.45, 2.75) is 201 Å². The first-order chi connectivity index (χ1) is 56.9. The Morgan fingerprint density at radius 3 is 1.07 bits per heavy atom. The summed E-state index contributed by atoms with van der Waals surface area (Å²) >= 11 is 0. The van der Waals surface area contributed by atoms with Crippen LogP contribution in [0.1, 0.15) is 196 Å². The Kier molecular flexibility index (Phi) is 27.2. The monoisotopic (exact) mass is 1630 g/mol. The maximum atomic E-state index is 14.1. The van der Waals surface area contributed by atoms with Crippen LogP contribution in [0.5, 0.6) is 0 Å². The van der Waals surface area contributed by atoms with Gasteiger partial charge in [0.1, 0.15) is 60.2 Å². The van der Waals surface area contributed by atoms with Gasteiger partial charge in [0.25, 0.3) is 0 Å². The first-order valence-electron chi connectivity index (χ1n) is 41.8. The standard InChI is InChI=1S/C26H30N2O3.2C25H27FN2O3.C22H30N2O3/c1-26(2,3)31-25(30)27-17-24(29)28-14-13-21-20-12-8-7-11-19(20)16-22(21)23(28)15-18-9-5-4-6-10-18;1-25(2,3)31-24(30)27-15-22(29)28-12-11-20-19-10-5-4-7-16(19)14-21(20)23(28)17-8-6-9-18(26)13-17;1-25(2,3)31-24(30)27-15-22(29)28-13-12-20-19-7-5-4-6-17(19)14-21(20)23(28)16-8-10-18(26)11-9-16;1-14(2)20-18-12-15-8-6-7-9-16(15)17(18)10-11-24(20)19(25)13-23-21(26)27-22(3,4)5/h4-12,23H,13-17H2,1-3H3,(H,27,30);4-10,13,23H,11-12,14-15H2,1-3H3,(H,27,30);4-11,23H,12-15H2,1-3H3,(H,27,30);6-9,14,20H,10-13H2,1-5H3,(H,23,26). The number of benzene rings is 7. The smallest absolute Gasteiger partial charge is 0.408 e. The Bertz CT molecular complexity index is 5140. The molecule has 20 nitrogen and oxygen atoms in total. The van der Waals surface area contributed by atoms with Crippen LogP contribution in [0.2, 0.25) is 0 Å². The molecule has 8 aliphatic rings. The molecule has 4 aliphatic carbocycles. The summed E-state index contributed by atoms with van der Waals surface area (Å²) in [4.78, 5) is 108. The van der Waals surface area contributed by atoms with E-state index in [-0.39, 0.29) is 85.6 Å². The largest absolute Gasteiger partial charge is 0.444 e. The molecular weight excluding hydrogens is 1520 g/mol. The van der Waals surface area contributed by atoms with Crippen molar-refractivity contribution in [1.82, 2.24) is 40.9 Å². The van der Waals surface area contributed by atoms with Crippen molar-refractivity contribution >= 4 is 70.3 Å². The molecule has 0 fully saturated rings. The molecule has 4 heterocycles. The van der Waals surface area contributed by atoms with Gasteiger partial charge < -0.3 is 59.8 Å². The number of hydrogen-bond acceptors (Lipinski definition) is 12. The number of amides is 8. The van der Waals surface area contributed by atoms with Crippen LogP contribution in [-0.4, -0.2) is 154 Å². The predicted octanol–water partition coefficient (Wildman–Crippen LogP) is 17.4. The lowest BCUT2D eigenvalue weighted by Crippen LogP contribution is -2.51. The second kappa shape index (κ2) is 37.3. The zero-order valence-corrected chi connectivity index (χ0v) is 71.6. The van der Waals surface area contributed by atoms with Crippen LogP contribution in [0.25, 0.3) is 22.3 Å². The summed E-state index contributed by atoms with van der Waals surface area (Å²) in [5.74, 6) is -0.871. The average molecular weight is 1630 g/mol. The van der Waals surface area contributed by atoms with Gasteiger partial charge in [-0.2, -0.15) is 0 Å². The Morgan fingerprint density at radius 2 is 0.683 bits per heavy atom. The molecule has 632 valence electrons. The number of alkyl carbamates (subject to hydrolysis) is 4. The second-order valence-electron chi connectivity index (χ2n) is 35.9. The molecule has 4 unspecified atom stereocenters. The van der Waals surface area contributed by atoms with E-state index < -0.39 is 46.8 Å². The lowest BCUT2D eigenvalue weighted by Gasteiger charge is -2.40. The van der Waals surface area contributed by atoms with E-state index in [0.29, 0.717) is 32.1 Å². The molecule has 0 saturated carbocycles. The lowest BCUT2D eigenvalue weighted by molar-refractivity contribution is -0.133. The van der Waals surface area contributed by atoms with Crippen LogP contribution >= 0.6 is 0 Å². The van der Waals surface area contributed by atoms with E-state index >= 15 is 0 Å². The van der Waals surface area contributed by atoms with E-state index in [2.05, 4.69) is 120 Å². The molecule has 0 spiro atoms. The number of fused-ring (bicyclic) bond motifs is 8. The van der Waals surface area contributed by atoms with Gasteiger partial charge in [-0.15, -0.1) is 0 Å². The summed E-state index contributed by atoms with van der Waals surface area (Å²) in [6, 6.07) is 56.1. The molecule has 4 N–H and O–H groups in total. The predicted molar refractivity (Wildman–Crippen MR) is 461 cm³/mol. The highest BCUT2D eigenvalue weighted by atomic mass is 19.1. The van der Waals surface area contributed by atoms with Gasteiger partial charge in [0, 0.05) is 26.2 Å². The molecule has 4 aliphatic heterocycles. The third kappa shape index (κ3) is 21.9. The van der Waals surface area contributed by atoms with E-state index in [9.17, 15) is 47.1 Å². The minimum absolute atomic E-state index is 0.00788. The first kappa shape index (κ1) is 87.6.